The van der Waals surface area contributed by atoms with E-state index in [2.05, 4.69) is 15.6 Å². The summed E-state index contributed by atoms with van der Waals surface area (Å²) in [4.78, 5) is 28.3. The second-order valence-corrected chi connectivity index (χ2v) is 5.91. The Morgan fingerprint density at radius 1 is 1.38 bits per heavy atom. The summed E-state index contributed by atoms with van der Waals surface area (Å²) >= 11 is 2.86. The Kier molecular flexibility index (Phi) is 5.70. The van der Waals surface area contributed by atoms with Gasteiger partial charge < -0.3 is 10.1 Å². The van der Waals surface area contributed by atoms with Crippen LogP contribution in [0, 0.1) is 0 Å². The van der Waals surface area contributed by atoms with Gasteiger partial charge in [-0.1, -0.05) is 6.07 Å². The fourth-order valence-electron chi connectivity index (χ4n) is 1.53. The molecule has 2 heterocycles. The van der Waals surface area contributed by atoms with Gasteiger partial charge in [0.05, 0.1) is 25.3 Å². The molecule has 0 aliphatic rings. The van der Waals surface area contributed by atoms with E-state index in [1.54, 1.807) is 23.6 Å². The molecule has 6 nitrogen and oxygen atoms in total. The maximum atomic E-state index is 11.8. The molecule has 2 aromatic rings. The van der Waals surface area contributed by atoms with Crippen molar-refractivity contribution in [1.82, 2.24) is 10.3 Å². The summed E-state index contributed by atoms with van der Waals surface area (Å²) in [6.45, 7) is 2.55. The first-order valence-corrected chi connectivity index (χ1v) is 8.10. The zero-order chi connectivity index (χ0) is 15.1. The number of nitrogens with zero attached hydrogens (tertiary/aromatic N) is 1. The van der Waals surface area contributed by atoms with Gasteiger partial charge in [0.15, 0.2) is 5.13 Å². The second kappa shape index (κ2) is 7.75. The molecule has 0 aliphatic heterocycles. The average Bonchev–Trinajstić information content (AvgIpc) is 3.08. The Hall–Kier alpha value is -1.93. The molecule has 0 saturated carbocycles. The summed E-state index contributed by atoms with van der Waals surface area (Å²) < 4.78 is 4.75. The van der Waals surface area contributed by atoms with E-state index in [0.717, 1.165) is 4.88 Å². The minimum absolute atomic E-state index is 0.101. The molecule has 2 N–H and O–H groups in total. The van der Waals surface area contributed by atoms with Gasteiger partial charge in [-0.25, -0.2) is 9.78 Å². The first-order valence-electron chi connectivity index (χ1n) is 6.34. The first kappa shape index (κ1) is 15.5. The van der Waals surface area contributed by atoms with Crippen molar-refractivity contribution in [2.45, 2.75) is 19.9 Å². The van der Waals surface area contributed by atoms with Crippen LogP contribution in [0.25, 0.3) is 0 Å². The Labute approximate surface area is 130 Å². The van der Waals surface area contributed by atoms with Gasteiger partial charge in [0.25, 0.3) is 0 Å². The molecule has 0 bridgehead atoms. The summed E-state index contributed by atoms with van der Waals surface area (Å²) in [5, 5.41) is 9.47. The van der Waals surface area contributed by atoms with E-state index in [1.165, 1.54) is 11.3 Å². The van der Waals surface area contributed by atoms with Crippen LogP contribution >= 0.6 is 22.7 Å². The molecular formula is C13H15N3O3S2. The molecule has 0 fully saturated rings. The number of ether oxygens (including phenoxy) is 1. The summed E-state index contributed by atoms with van der Waals surface area (Å²) in [6.07, 6.45) is -0.354. The normalized spacial score (nSPS) is 10.1. The monoisotopic (exact) mass is 325 g/mol. The maximum Gasteiger partial charge on any atom is 0.413 e. The zero-order valence-electron chi connectivity index (χ0n) is 11.4. The highest BCUT2D eigenvalue weighted by molar-refractivity contribution is 7.13. The Morgan fingerprint density at radius 3 is 2.95 bits per heavy atom. The van der Waals surface area contributed by atoms with Crippen LogP contribution in [0.5, 0.6) is 0 Å². The van der Waals surface area contributed by atoms with E-state index in [-0.39, 0.29) is 12.3 Å². The quantitative estimate of drug-likeness (QED) is 0.855. The fourth-order valence-corrected chi connectivity index (χ4v) is 2.87. The van der Waals surface area contributed by atoms with Crippen molar-refractivity contribution in [2.24, 2.45) is 0 Å². The van der Waals surface area contributed by atoms with Crippen molar-refractivity contribution in [1.29, 1.82) is 0 Å². The number of nitrogens with one attached hydrogen (secondary N) is 2. The van der Waals surface area contributed by atoms with Crippen molar-refractivity contribution in [3.05, 3.63) is 33.5 Å². The molecule has 112 valence electrons. The van der Waals surface area contributed by atoms with Gasteiger partial charge in [-0.05, 0) is 18.4 Å². The van der Waals surface area contributed by atoms with Gasteiger partial charge in [0.1, 0.15) is 0 Å². The lowest BCUT2D eigenvalue weighted by Gasteiger charge is -2.02. The number of aromatic nitrogens is 1. The van der Waals surface area contributed by atoms with Crippen LogP contribution in [0.2, 0.25) is 0 Å². The Balaban J connectivity index is 1.78. The van der Waals surface area contributed by atoms with E-state index in [0.29, 0.717) is 24.0 Å². The molecule has 0 atom stereocenters. The number of amides is 2. The minimum Gasteiger partial charge on any atom is -0.450 e. The standard InChI is InChI=1S/C13H15N3O3S2/c1-2-19-13(18)16-12-15-9(8-21-12)6-11(17)14-7-10-4-3-5-20-10/h3-5,8H,2,6-7H2,1H3,(H,14,17)(H,15,16,18). The molecule has 21 heavy (non-hydrogen) atoms. The number of hydrogen-bond donors (Lipinski definition) is 2. The van der Waals surface area contributed by atoms with Crippen LogP contribution in [0.1, 0.15) is 17.5 Å². The fraction of sp³-hybridized carbons (Fsp3) is 0.308. The van der Waals surface area contributed by atoms with Crippen LogP contribution in [0.3, 0.4) is 0 Å². The average molecular weight is 325 g/mol. The molecule has 8 heteroatoms. The SMILES string of the molecule is CCOC(=O)Nc1nc(CC(=O)NCc2cccs2)cs1. The smallest absolute Gasteiger partial charge is 0.413 e. The van der Waals surface area contributed by atoms with Crippen molar-refractivity contribution < 1.29 is 14.3 Å². The summed E-state index contributed by atoms with van der Waals surface area (Å²) in [5.41, 5.74) is 0.621. The van der Waals surface area contributed by atoms with Crippen molar-refractivity contribution >= 4 is 39.8 Å². The first-order chi connectivity index (χ1) is 10.2. The third-order valence-corrected chi connectivity index (χ3v) is 4.10. The molecule has 0 unspecified atom stereocenters. The van der Waals surface area contributed by atoms with Crippen molar-refractivity contribution in [3.63, 3.8) is 0 Å². The van der Waals surface area contributed by atoms with E-state index < -0.39 is 6.09 Å². The highest BCUT2D eigenvalue weighted by Crippen LogP contribution is 2.16. The zero-order valence-corrected chi connectivity index (χ0v) is 13.1. The van der Waals surface area contributed by atoms with Crippen LogP contribution in [0.15, 0.2) is 22.9 Å². The maximum absolute atomic E-state index is 11.8. The molecular weight excluding hydrogens is 310 g/mol. The lowest BCUT2D eigenvalue weighted by atomic mass is 10.3. The molecule has 2 amide bonds. The number of thiophene rings is 1. The van der Waals surface area contributed by atoms with Crippen molar-refractivity contribution in [3.8, 4) is 0 Å². The molecule has 2 rings (SSSR count). The highest BCUT2D eigenvalue weighted by Gasteiger charge is 2.10. The summed E-state index contributed by atoms with van der Waals surface area (Å²) in [5.74, 6) is -0.101. The van der Waals surface area contributed by atoms with Crippen molar-refractivity contribution in [2.75, 3.05) is 11.9 Å². The molecule has 0 spiro atoms. The number of anilines is 1. The Morgan fingerprint density at radius 2 is 2.24 bits per heavy atom. The lowest BCUT2D eigenvalue weighted by molar-refractivity contribution is -0.120. The highest BCUT2D eigenvalue weighted by atomic mass is 32.1. The minimum atomic E-state index is -0.541. The third-order valence-electron chi connectivity index (χ3n) is 2.42. The summed E-state index contributed by atoms with van der Waals surface area (Å²) in [6, 6.07) is 3.91. The molecule has 2 aromatic heterocycles. The van der Waals surface area contributed by atoms with Crippen LogP contribution in [-0.4, -0.2) is 23.6 Å². The largest absolute Gasteiger partial charge is 0.450 e. The van der Waals surface area contributed by atoms with Gasteiger partial charge in [-0.2, -0.15) is 0 Å². The van der Waals surface area contributed by atoms with E-state index in [4.69, 9.17) is 4.74 Å². The summed E-state index contributed by atoms with van der Waals surface area (Å²) in [7, 11) is 0. The van der Waals surface area contributed by atoms with E-state index >= 15 is 0 Å². The van der Waals surface area contributed by atoms with E-state index in [1.807, 2.05) is 17.5 Å². The molecule has 0 saturated heterocycles. The number of carbonyl (C=O) groups is 2. The molecule has 0 aliphatic carbocycles. The molecule has 0 aromatic carbocycles. The number of hydrogen-bond acceptors (Lipinski definition) is 6. The van der Waals surface area contributed by atoms with Gasteiger partial charge in [-0.15, -0.1) is 22.7 Å². The van der Waals surface area contributed by atoms with Crippen LogP contribution in [0.4, 0.5) is 9.93 Å². The predicted octanol–water partition coefficient (Wildman–Crippen LogP) is 2.63. The lowest BCUT2D eigenvalue weighted by Crippen LogP contribution is -2.24. The number of thiazole rings is 1. The topological polar surface area (TPSA) is 80.3 Å². The van der Waals surface area contributed by atoms with Crippen LogP contribution in [-0.2, 0) is 22.5 Å². The van der Waals surface area contributed by atoms with Gasteiger partial charge in [-0.3, -0.25) is 10.1 Å². The number of rotatable bonds is 6. The van der Waals surface area contributed by atoms with E-state index in [9.17, 15) is 9.59 Å². The third kappa shape index (κ3) is 5.16. The van der Waals surface area contributed by atoms with Crippen LogP contribution < -0.4 is 10.6 Å². The molecule has 0 radical (unpaired) electrons. The van der Waals surface area contributed by atoms with Gasteiger partial charge in [0.2, 0.25) is 5.91 Å². The number of carbonyl (C=O) groups excluding carboxylic acids is 2. The van der Waals surface area contributed by atoms with Gasteiger partial charge >= 0.3 is 6.09 Å². The predicted molar refractivity (Wildman–Crippen MR) is 82.6 cm³/mol. The second-order valence-electron chi connectivity index (χ2n) is 4.02. The van der Waals surface area contributed by atoms with Gasteiger partial charge in [0, 0.05) is 10.3 Å². The Bertz CT molecular complexity index is 596.